The summed E-state index contributed by atoms with van der Waals surface area (Å²) in [6, 6.07) is 13.9. The van der Waals surface area contributed by atoms with Crippen molar-refractivity contribution in [3.05, 3.63) is 65.7 Å². The number of carbonyl (C=O) groups excluding carboxylic acids is 1. The predicted molar refractivity (Wildman–Crippen MR) is 98.2 cm³/mol. The predicted octanol–water partition coefficient (Wildman–Crippen LogP) is 2.05. The second-order valence-electron chi connectivity index (χ2n) is 6.44. The highest BCUT2D eigenvalue weighted by atomic mass is 16.5. The Morgan fingerprint density at radius 1 is 1.19 bits per heavy atom. The summed E-state index contributed by atoms with van der Waals surface area (Å²) in [5.41, 5.74) is 9.03. The smallest absolute Gasteiger partial charge is 0.271 e. The summed E-state index contributed by atoms with van der Waals surface area (Å²) >= 11 is 0. The van der Waals surface area contributed by atoms with E-state index in [4.69, 9.17) is 15.2 Å². The topological polar surface area (TPSA) is 103 Å². The zero-order valence-electron chi connectivity index (χ0n) is 14.4. The number of carbonyl (C=O) groups is 1. The average molecular weight is 360 g/mol. The number of primary amides is 1. The fraction of sp³-hybridized carbons (Fsp3) is 0.158. The van der Waals surface area contributed by atoms with E-state index in [-0.39, 0.29) is 5.69 Å². The SMILES string of the molecule is NC(=O)c1noc2c1CN(c1cc(-c3ccccc3)nc3ccnn13)CC2. The number of benzene rings is 1. The van der Waals surface area contributed by atoms with Gasteiger partial charge in [-0.1, -0.05) is 35.5 Å². The maximum absolute atomic E-state index is 11.6. The molecule has 1 aliphatic heterocycles. The van der Waals surface area contributed by atoms with Crippen LogP contribution in [-0.2, 0) is 13.0 Å². The summed E-state index contributed by atoms with van der Waals surface area (Å²) in [5, 5.41) is 8.24. The van der Waals surface area contributed by atoms with Gasteiger partial charge in [0.05, 0.1) is 18.4 Å². The minimum absolute atomic E-state index is 0.198. The van der Waals surface area contributed by atoms with Crippen LogP contribution < -0.4 is 10.6 Å². The Morgan fingerprint density at radius 3 is 2.85 bits per heavy atom. The molecule has 0 unspecified atom stereocenters. The highest BCUT2D eigenvalue weighted by Gasteiger charge is 2.28. The molecule has 0 spiro atoms. The van der Waals surface area contributed by atoms with Crippen LogP contribution in [0.2, 0.25) is 0 Å². The van der Waals surface area contributed by atoms with Gasteiger partial charge in [-0.2, -0.15) is 9.61 Å². The lowest BCUT2D eigenvalue weighted by atomic mass is 10.1. The third-order valence-corrected chi connectivity index (χ3v) is 4.79. The summed E-state index contributed by atoms with van der Waals surface area (Å²) in [6.07, 6.45) is 2.37. The van der Waals surface area contributed by atoms with Crippen molar-refractivity contribution in [2.24, 2.45) is 5.73 Å². The highest BCUT2D eigenvalue weighted by molar-refractivity contribution is 5.92. The minimum atomic E-state index is -0.578. The van der Waals surface area contributed by atoms with Crippen LogP contribution in [0.3, 0.4) is 0 Å². The summed E-state index contributed by atoms with van der Waals surface area (Å²) < 4.78 is 7.09. The summed E-state index contributed by atoms with van der Waals surface area (Å²) in [5.74, 6) is 1.03. The monoisotopic (exact) mass is 360 g/mol. The number of anilines is 1. The first-order valence-corrected chi connectivity index (χ1v) is 8.63. The van der Waals surface area contributed by atoms with Crippen molar-refractivity contribution < 1.29 is 9.32 Å². The molecule has 5 rings (SSSR count). The summed E-state index contributed by atoms with van der Waals surface area (Å²) in [6.45, 7) is 1.19. The number of nitrogens with two attached hydrogens (primary N) is 1. The van der Waals surface area contributed by atoms with Crippen LogP contribution in [0.25, 0.3) is 16.9 Å². The minimum Gasteiger partial charge on any atom is -0.364 e. The second-order valence-corrected chi connectivity index (χ2v) is 6.44. The Hall–Kier alpha value is -3.68. The summed E-state index contributed by atoms with van der Waals surface area (Å²) in [7, 11) is 0. The van der Waals surface area contributed by atoms with Crippen LogP contribution in [0.1, 0.15) is 21.8 Å². The normalized spacial score (nSPS) is 13.7. The van der Waals surface area contributed by atoms with Gasteiger partial charge in [-0.25, -0.2) is 4.98 Å². The molecule has 134 valence electrons. The molecule has 8 nitrogen and oxygen atoms in total. The number of amides is 1. The molecule has 4 aromatic rings. The van der Waals surface area contributed by atoms with Gasteiger partial charge in [0, 0.05) is 36.2 Å². The Labute approximate surface area is 154 Å². The van der Waals surface area contributed by atoms with Crippen LogP contribution in [0.15, 0.2) is 53.2 Å². The number of hydrogen-bond donors (Lipinski definition) is 1. The molecule has 27 heavy (non-hydrogen) atoms. The zero-order valence-corrected chi connectivity index (χ0v) is 14.4. The molecule has 0 radical (unpaired) electrons. The van der Waals surface area contributed by atoms with Crippen molar-refractivity contribution in [1.82, 2.24) is 19.8 Å². The maximum Gasteiger partial charge on any atom is 0.271 e. The molecule has 3 aromatic heterocycles. The van der Waals surface area contributed by atoms with E-state index in [0.717, 1.165) is 28.3 Å². The molecule has 0 atom stereocenters. The number of rotatable bonds is 3. The molecule has 4 heterocycles. The Bertz CT molecular complexity index is 1150. The van der Waals surface area contributed by atoms with E-state index in [1.165, 1.54) is 0 Å². The van der Waals surface area contributed by atoms with Gasteiger partial charge in [0.1, 0.15) is 11.6 Å². The van der Waals surface area contributed by atoms with Gasteiger partial charge >= 0.3 is 0 Å². The van der Waals surface area contributed by atoms with Gasteiger partial charge in [0.25, 0.3) is 5.91 Å². The van der Waals surface area contributed by atoms with Crippen molar-refractivity contribution in [2.75, 3.05) is 11.4 Å². The van der Waals surface area contributed by atoms with Crippen molar-refractivity contribution in [2.45, 2.75) is 13.0 Å². The third kappa shape index (κ3) is 2.53. The van der Waals surface area contributed by atoms with Crippen molar-refractivity contribution in [3.63, 3.8) is 0 Å². The molecule has 1 amide bonds. The van der Waals surface area contributed by atoms with Gasteiger partial charge in [-0.3, -0.25) is 4.79 Å². The molecule has 0 saturated carbocycles. The molecule has 1 aliphatic rings. The molecular weight excluding hydrogens is 344 g/mol. The fourth-order valence-corrected chi connectivity index (χ4v) is 3.48. The van der Waals surface area contributed by atoms with Crippen LogP contribution in [-0.4, -0.2) is 32.2 Å². The number of hydrogen-bond acceptors (Lipinski definition) is 6. The largest absolute Gasteiger partial charge is 0.364 e. The van der Waals surface area contributed by atoms with Gasteiger partial charge in [0.15, 0.2) is 11.3 Å². The first-order valence-electron chi connectivity index (χ1n) is 8.63. The quantitative estimate of drug-likeness (QED) is 0.600. The van der Waals surface area contributed by atoms with Crippen LogP contribution in [0.4, 0.5) is 5.82 Å². The van der Waals surface area contributed by atoms with Crippen molar-refractivity contribution in [1.29, 1.82) is 0 Å². The third-order valence-electron chi connectivity index (χ3n) is 4.79. The van der Waals surface area contributed by atoms with Crippen LogP contribution >= 0.6 is 0 Å². The Kier molecular flexibility index (Phi) is 3.43. The maximum atomic E-state index is 11.6. The molecule has 0 aliphatic carbocycles. The van der Waals surface area contributed by atoms with E-state index in [0.29, 0.717) is 25.3 Å². The Morgan fingerprint density at radius 2 is 2.04 bits per heavy atom. The van der Waals surface area contributed by atoms with Crippen molar-refractivity contribution >= 4 is 17.4 Å². The molecule has 0 fully saturated rings. The van der Waals surface area contributed by atoms with E-state index in [2.05, 4.69) is 15.2 Å². The number of nitrogens with zero attached hydrogens (tertiary/aromatic N) is 5. The van der Waals surface area contributed by atoms with E-state index >= 15 is 0 Å². The zero-order chi connectivity index (χ0) is 18.4. The molecule has 0 bridgehead atoms. The van der Waals surface area contributed by atoms with Crippen LogP contribution in [0, 0.1) is 0 Å². The second kappa shape index (κ2) is 5.94. The fourth-order valence-electron chi connectivity index (χ4n) is 3.48. The number of fused-ring (bicyclic) bond motifs is 2. The Balaban J connectivity index is 1.61. The highest BCUT2D eigenvalue weighted by Crippen LogP contribution is 2.29. The van der Waals surface area contributed by atoms with Gasteiger partial charge in [0.2, 0.25) is 0 Å². The van der Waals surface area contributed by atoms with Crippen molar-refractivity contribution in [3.8, 4) is 11.3 Å². The first kappa shape index (κ1) is 15.6. The standard InChI is InChI=1S/C19H16N6O2/c20-19(26)18-13-11-24(9-7-15(13)27-23-18)17-10-14(12-4-2-1-3-5-12)22-16-6-8-21-25(16)17/h1-6,8,10H,7,9,11H2,(H2,20,26). The van der Waals surface area contributed by atoms with Gasteiger partial charge < -0.3 is 15.2 Å². The van der Waals surface area contributed by atoms with E-state index < -0.39 is 5.91 Å². The molecular formula is C19H16N6O2. The lowest BCUT2D eigenvalue weighted by Crippen LogP contribution is -2.32. The van der Waals surface area contributed by atoms with E-state index in [9.17, 15) is 4.79 Å². The van der Waals surface area contributed by atoms with Gasteiger partial charge in [-0.15, -0.1) is 0 Å². The lowest BCUT2D eigenvalue weighted by molar-refractivity contribution is 0.0991. The molecule has 2 N–H and O–H groups in total. The van der Waals surface area contributed by atoms with E-state index in [1.807, 2.05) is 42.5 Å². The van der Waals surface area contributed by atoms with Gasteiger partial charge in [-0.05, 0) is 0 Å². The average Bonchev–Trinajstić information content (AvgIpc) is 3.34. The van der Waals surface area contributed by atoms with Crippen LogP contribution in [0.5, 0.6) is 0 Å². The molecule has 0 saturated heterocycles. The molecule has 8 heteroatoms. The van der Waals surface area contributed by atoms with E-state index in [1.54, 1.807) is 10.7 Å². The molecule has 1 aromatic carbocycles. The lowest BCUT2D eigenvalue weighted by Gasteiger charge is -2.28. The first-order chi connectivity index (χ1) is 13.2. The summed E-state index contributed by atoms with van der Waals surface area (Å²) in [4.78, 5) is 18.5. The number of aromatic nitrogens is 4.